The summed E-state index contributed by atoms with van der Waals surface area (Å²) >= 11 is 0. The molecule has 0 atom stereocenters. The van der Waals surface area contributed by atoms with Crippen LogP contribution in [0, 0.1) is 0 Å². The van der Waals surface area contributed by atoms with Crippen LogP contribution >= 0.6 is 0 Å². The van der Waals surface area contributed by atoms with E-state index < -0.39 is 0 Å². The fourth-order valence-corrected chi connectivity index (χ4v) is 3.00. The number of hydrogen-bond donors (Lipinski definition) is 2. The molecule has 0 radical (unpaired) electrons. The number of rotatable bonds is 3. The molecule has 0 aliphatic carbocycles. The first-order chi connectivity index (χ1) is 11.7. The van der Waals surface area contributed by atoms with Gasteiger partial charge in [-0.25, -0.2) is 0 Å². The van der Waals surface area contributed by atoms with Crippen LogP contribution in [0.2, 0.25) is 0 Å². The zero-order chi connectivity index (χ0) is 16.5. The Kier molecular flexibility index (Phi) is 3.49. The number of nitrogens with one attached hydrogen (secondary N) is 2. The molecular formula is C18H16N4O2. The highest BCUT2D eigenvalue weighted by atomic mass is 16.2. The van der Waals surface area contributed by atoms with Crippen LogP contribution in [0.25, 0.3) is 10.9 Å². The van der Waals surface area contributed by atoms with Gasteiger partial charge in [0.15, 0.2) is 0 Å². The van der Waals surface area contributed by atoms with Crippen molar-refractivity contribution in [3.63, 3.8) is 0 Å². The number of amides is 2. The van der Waals surface area contributed by atoms with E-state index in [9.17, 15) is 9.59 Å². The predicted molar refractivity (Wildman–Crippen MR) is 92.1 cm³/mol. The van der Waals surface area contributed by atoms with Gasteiger partial charge in [-0.1, -0.05) is 12.1 Å². The Bertz CT molecular complexity index is 914. The molecule has 3 aromatic rings. The first-order valence-electron chi connectivity index (χ1n) is 7.86. The first-order valence-corrected chi connectivity index (χ1v) is 7.86. The third-order valence-electron chi connectivity index (χ3n) is 4.23. The van der Waals surface area contributed by atoms with Crippen molar-refractivity contribution < 1.29 is 9.59 Å². The Hall–Kier alpha value is -3.15. The van der Waals surface area contributed by atoms with Gasteiger partial charge in [-0.2, -0.15) is 5.10 Å². The van der Waals surface area contributed by atoms with Crippen molar-refractivity contribution in [2.24, 2.45) is 0 Å². The minimum Gasteiger partial charge on any atom is -0.322 e. The van der Waals surface area contributed by atoms with Crippen molar-refractivity contribution in [3.8, 4) is 0 Å². The Morgan fingerprint density at radius 2 is 2.00 bits per heavy atom. The van der Waals surface area contributed by atoms with Gasteiger partial charge >= 0.3 is 0 Å². The second-order valence-corrected chi connectivity index (χ2v) is 5.79. The molecule has 1 aromatic heterocycles. The molecule has 2 aromatic carbocycles. The van der Waals surface area contributed by atoms with Gasteiger partial charge in [0, 0.05) is 29.7 Å². The van der Waals surface area contributed by atoms with Crippen LogP contribution in [-0.4, -0.2) is 28.6 Å². The minimum absolute atomic E-state index is 0.151. The van der Waals surface area contributed by atoms with Gasteiger partial charge in [-0.15, -0.1) is 0 Å². The molecule has 2 amide bonds. The van der Waals surface area contributed by atoms with Gasteiger partial charge in [0.2, 0.25) is 5.91 Å². The summed E-state index contributed by atoms with van der Waals surface area (Å²) in [7, 11) is 0. The van der Waals surface area contributed by atoms with Gasteiger partial charge in [0.05, 0.1) is 17.3 Å². The van der Waals surface area contributed by atoms with E-state index in [2.05, 4.69) is 15.5 Å². The number of benzene rings is 2. The predicted octanol–water partition coefficient (Wildman–Crippen LogP) is 2.94. The van der Waals surface area contributed by atoms with Gasteiger partial charge in [0.1, 0.15) is 0 Å². The molecule has 1 fully saturated rings. The van der Waals surface area contributed by atoms with E-state index in [4.69, 9.17) is 0 Å². The molecule has 2 N–H and O–H groups in total. The molecule has 0 spiro atoms. The number of anilines is 2. The van der Waals surface area contributed by atoms with Crippen LogP contribution in [0.1, 0.15) is 23.2 Å². The van der Waals surface area contributed by atoms with Crippen molar-refractivity contribution in [1.29, 1.82) is 0 Å². The van der Waals surface area contributed by atoms with Gasteiger partial charge in [0.25, 0.3) is 5.91 Å². The van der Waals surface area contributed by atoms with E-state index in [1.54, 1.807) is 17.2 Å². The number of carbonyl (C=O) groups is 2. The maximum absolute atomic E-state index is 12.5. The summed E-state index contributed by atoms with van der Waals surface area (Å²) in [6.07, 6.45) is 3.19. The number of hydrogen-bond acceptors (Lipinski definition) is 3. The molecule has 24 heavy (non-hydrogen) atoms. The normalized spacial score (nSPS) is 14.3. The monoisotopic (exact) mass is 320 g/mol. The van der Waals surface area contributed by atoms with Crippen LogP contribution in [0.3, 0.4) is 0 Å². The number of aromatic amines is 1. The zero-order valence-corrected chi connectivity index (χ0v) is 13.0. The number of para-hydroxylation sites is 1. The summed E-state index contributed by atoms with van der Waals surface area (Å²) in [5.41, 5.74) is 2.82. The van der Waals surface area contributed by atoms with E-state index in [-0.39, 0.29) is 11.8 Å². The molecular weight excluding hydrogens is 304 g/mol. The Morgan fingerprint density at radius 3 is 2.75 bits per heavy atom. The van der Waals surface area contributed by atoms with E-state index in [1.807, 2.05) is 36.4 Å². The molecule has 1 saturated heterocycles. The van der Waals surface area contributed by atoms with E-state index in [0.717, 1.165) is 24.0 Å². The van der Waals surface area contributed by atoms with Crippen LogP contribution in [0.5, 0.6) is 0 Å². The Morgan fingerprint density at radius 1 is 1.17 bits per heavy atom. The quantitative estimate of drug-likeness (QED) is 0.779. The number of carbonyl (C=O) groups excluding carboxylic acids is 2. The average molecular weight is 320 g/mol. The summed E-state index contributed by atoms with van der Waals surface area (Å²) in [6.45, 7) is 0.756. The lowest BCUT2D eigenvalue weighted by molar-refractivity contribution is -0.117. The van der Waals surface area contributed by atoms with Gasteiger partial charge < -0.3 is 10.2 Å². The van der Waals surface area contributed by atoms with Crippen LogP contribution < -0.4 is 10.2 Å². The first kappa shape index (κ1) is 14.4. The molecule has 0 unspecified atom stereocenters. The van der Waals surface area contributed by atoms with E-state index in [1.165, 1.54) is 0 Å². The van der Waals surface area contributed by atoms with Gasteiger partial charge in [-0.05, 0) is 36.8 Å². The number of aromatic nitrogens is 2. The molecule has 0 bridgehead atoms. The fraction of sp³-hybridized carbons (Fsp3) is 0.167. The van der Waals surface area contributed by atoms with Crippen LogP contribution in [0.4, 0.5) is 11.4 Å². The standard InChI is InChI=1S/C18H16N4O2/c23-16-5-2-10-22(16)14-8-6-13(7-9-14)20-18(24)15-4-1-3-12-11-19-21-17(12)15/h1,3-4,6-9,11H,2,5,10H2,(H,19,21)(H,20,24). The lowest BCUT2D eigenvalue weighted by Gasteiger charge is -2.16. The number of H-pyrrole nitrogens is 1. The third-order valence-corrected chi connectivity index (χ3v) is 4.23. The van der Waals surface area contributed by atoms with Crippen molar-refractivity contribution in [3.05, 3.63) is 54.2 Å². The molecule has 6 heteroatoms. The number of nitrogens with zero attached hydrogens (tertiary/aromatic N) is 2. The maximum Gasteiger partial charge on any atom is 0.257 e. The lowest BCUT2D eigenvalue weighted by Crippen LogP contribution is -2.23. The van der Waals surface area contributed by atoms with Crippen molar-refractivity contribution in [2.45, 2.75) is 12.8 Å². The topological polar surface area (TPSA) is 78.1 Å². The highest BCUT2D eigenvalue weighted by Crippen LogP contribution is 2.24. The van der Waals surface area contributed by atoms with Gasteiger partial charge in [-0.3, -0.25) is 14.7 Å². The second kappa shape index (κ2) is 5.81. The van der Waals surface area contributed by atoms with Crippen LogP contribution in [0.15, 0.2) is 48.7 Å². The summed E-state index contributed by atoms with van der Waals surface area (Å²) in [6, 6.07) is 12.8. The van der Waals surface area contributed by atoms with Crippen molar-refractivity contribution in [2.75, 3.05) is 16.8 Å². The van der Waals surface area contributed by atoms with E-state index in [0.29, 0.717) is 23.2 Å². The smallest absolute Gasteiger partial charge is 0.257 e. The molecule has 120 valence electrons. The SMILES string of the molecule is O=C(Nc1ccc(N2CCCC2=O)cc1)c1cccc2cn[nH]c12. The van der Waals surface area contributed by atoms with E-state index >= 15 is 0 Å². The second-order valence-electron chi connectivity index (χ2n) is 5.79. The van der Waals surface area contributed by atoms with Crippen LogP contribution in [-0.2, 0) is 4.79 Å². The maximum atomic E-state index is 12.5. The molecule has 0 saturated carbocycles. The molecule has 2 heterocycles. The number of fused-ring (bicyclic) bond motifs is 1. The summed E-state index contributed by atoms with van der Waals surface area (Å²) < 4.78 is 0. The Balaban J connectivity index is 1.54. The largest absolute Gasteiger partial charge is 0.322 e. The van der Waals surface area contributed by atoms with Crippen molar-refractivity contribution in [1.82, 2.24) is 10.2 Å². The summed E-state index contributed by atoms with van der Waals surface area (Å²) in [5, 5.41) is 10.6. The zero-order valence-electron chi connectivity index (χ0n) is 13.0. The fourth-order valence-electron chi connectivity index (χ4n) is 3.00. The Labute approximate surface area is 138 Å². The highest BCUT2D eigenvalue weighted by Gasteiger charge is 2.21. The molecule has 1 aliphatic rings. The van der Waals surface area contributed by atoms with Crippen molar-refractivity contribution >= 4 is 34.1 Å². The highest BCUT2D eigenvalue weighted by molar-refractivity contribution is 6.11. The third kappa shape index (κ3) is 2.52. The minimum atomic E-state index is -0.199. The average Bonchev–Trinajstić information content (AvgIpc) is 3.24. The molecule has 1 aliphatic heterocycles. The lowest BCUT2D eigenvalue weighted by atomic mass is 10.1. The molecule has 4 rings (SSSR count). The molecule has 6 nitrogen and oxygen atoms in total. The summed E-state index contributed by atoms with van der Waals surface area (Å²) in [4.78, 5) is 26.0. The summed E-state index contributed by atoms with van der Waals surface area (Å²) in [5.74, 6) is -0.0486.